The minimum absolute atomic E-state index is 0.318. The molecule has 0 atom stereocenters. The van der Waals surface area contributed by atoms with E-state index >= 15 is 0 Å². The van der Waals surface area contributed by atoms with E-state index in [1.165, 1.54) is 0 Å². The van der Waals surface area contributed by atoms with Gasteiger partial charge < -0.3 is 9.52 Å². The van der Waals surface area contributed by atoms with Gasteiger partial charge in [-0.25, -0.2) is 0 Å². The molecule has 0 saturated heterocycles. The molecule has 1 aromatic rings. The second-order valence-corrected chi connectivity index (χ2v) is 3.26. The lowest BCUT2D eigenvalue weighted by Gasteiger charge is -2.00. The first-order valence-corrected chi connectivity index (χ1v) is 3.87. The van der Waals surface area contributed by atoms with E-state index in [9.17, 15) is 5.11 Å². The summed E-state index contributed by atoms with van der Waals surface area (Å²) in [5.74, 6) is 1.48. The third-order valence-electron chi connectivity index (χ3n) is 1.64. The normalized spacial score (nSPS) is 10.9. The fourth-order valence-corrected chi connectivity index (χ4v) is 1.08. The number of rotatable bonds is 2. The molecule has 0 radical (unpaired) electrons. The van der Waals surface area contributed by atoms with Crippen molar-refractivity contribution in [2.75, 3.05) is 0 Å². The minimum Gasteiger partial charge on any atom is -0.504 e. The molecule has 62 valence electrons. The first-order valence-electron chi connectivity index (χ1n) is 3.87. The molecular weight excluding hydrogens is 140 g/mol. The highest BCUT2D eigenvalue weighted by Gasteiger charge is 2.09. The van der Waals surface area contributed by atoms with Crippen LogP contribution in [-0.2, 0) is 6.42 Å². The first kappa shape index (κ1) is 8.18. The zero-order valence-electron chi connectivity index (χ0n) is 7.22. The molecule has 1 rings (SSSR count). The second-order valence-electron chi connectivity index (χ2n) is 3.26. The zero-order valence-corrected chi connectivity index (χ0v) is 7.22. The van der Waals surface area contributed by atoms with Crippen molar-refractivity contribution >= 4 is 0 Å². The van der Waals surface area contributed by atoms with E-state index in [2.05, 4.69) is 13.8 Å². The number of hydrogen-bond donors (Lipinski definition) is 1. The molecule has 0 fully saturated rings. The highest BCUT2D eigenvalue weighted by atomic mass is 16.4. The van der Waals surface area contributed by atoms with Crippen molar-refractivity contribution in [3.8, 4) is 5.75 Å². The monoisotopic (exact) mass is 154 g/mol. The topological polar surface area (TPSA) is 33.4 Å². The predicted octanol–water partition coefficient (Wildman–Crippen LogP) is 2.49. The van der Waals surface area contributed by atoms with Gasteiger partial charge in [0.2, 0.25) is 0 Å². The van der Waals surface area contributed by atoms with Gasteiger partial charge in [-0.1, -0.05) is 13.8 Å². The van der Waals surface area contributed by atoms with Crippen LogP contribution in [0.3, 0.4) is 0 Å². The van der Waals surface area contributed by atoms with Gasteiger partial charge in [-0.2, -0.15) is 0 Å². The van der Waals surface area contributed by atoms with Crippen molar-refractivity contribution in [1.29, 1.82) is 0 Å². The van der Waals surface area contributed by atoms with Gasteiger partial charge in [-0.15, -0.1) is 0 Å². The van der Waals surface area contributed by atoms with E-state index in [-0.39, 0.29) is 0 Å². The Balaban J connectivity index is 2.79. The quantitative estimate of drug-likeness (QED) is 0.710. The van der Waals surface area contributed by atoms with Gasteiger partial charge in [0.05, 0.1) is 6.26 Å². The number of furan rings is 1. The van der Waals surface area contributed by atoms with Crippen LogP contribution in [0, 0.1) is 12.8 Å². The van der Waals surface area contributed by atoms with Crippen LogP contribution in [0.4, 0.5) is 0 Å². The van der Waals surface area contributed by atoms with Crippen molar-refractivity contribution < 1.29 is 9.52 Å². The molecule has 0 aromatic carbocycles. The fourth-order valence-electron chi connectivity index (χ4n) is 1.08. The molecule has 0 aliphatic heterocycles. The molecule has 0 amide bonds. The van der Waals surface area contributed by atoms with Crippen LogP contribution in [0.15, 0.2) is 10.7 Å². The van der Waals surface area contributed by atoms with Gasteiger partial charge in [0.25, 0.3) is 0 Å². The van der Waals surface area contributed by atoms with Crippen LogP contribution in [0.2, 0.25) is 0 Å². The van der Waals surface area contributed by atoms with Crippen molar-refractivity contribution in [1.82, 2.24) is 0 Å². The van der Waals surface area contributed by atoms with E-state index in [0.717, 1.165) is 12.0 Å². The summed E-state index contributed by atoms with van der Waals surface area (Å²) in [6, 6.07) is 0. The molecule has 1 aromatic heterocycles. The van der Waals surface area contributed by atoms with Crippen LogP contribution >= 0.6 is 0 Å². The predicted molar refractivity (Wildman–Crippen MR) is 43.7 cm³/mol. The van der Waals surface area contributed by atoms with Crippen molar-refractivity contribution in [3.05, 3.63) is 17.6 Å². The Morgan fingerprint density at radius 3 is 2.55 bits per heavy atom. The average Bonchev–Trinajstić information content (AvgIpc) is 2.18. The summed E-state index contributed by atoms with van der Waals surface area (Å²) in [5.41, 5.74) is 0.914. The summed E-state index contributed by atoms with van der Waals surface area (Å²) < 4.78 is 5.05. The molecule has 0 spiro atoms. The summed E-state index contributed by atoms with van der Waals surface area (Å²) >= 11 is 0. The van der Waals surface area contributed by atoms with Crippen LogP contribution in [0.25, 0.3) is 0 Å². The molecule has 0 saturated carbocycles. The van der Waals surface area contributed by atoms with E-state index in [1.807, 2.05) is 0 Å². The molecule has 0 bridgehead atoms. The smallest absolute Gasteiger partial charge is 0.159 e. The Kier molecular flexibility index (Phi) is 2.22. The van der Waals surface area contributed by atoms with Crippen LogP contribution < -0.4 is 0 Å². The zero-order chi connectivity index (χ0) is 8.43. The first-order chi connectivity index (χ1) is 5.11. The van der Waals surface area contributed by atoms with Gasteiger partial charge in [-0.3, -0.25) is 0 Å². The Morgan fingerprint density at radius 1 is 1.55 bits per heavy atom. The summed E-state index contributed by atoms with van der Waals surface area (Å²) in [6.45, 7) is 5.99. The largest absolute Gasteiger partial charge is 0.504 e. The molecule has 0 aliphatic carbocycles. The molecule has 0 unspecified atom stereocenters. The van der Waals surface area contributed by atoms with Crippen molar-refractivity contribution in [2.24, 2.45) is 5.92 Å². The standard InChI is InChI=1S/C9H14O2/c1-6(2)4-8-5-11-7(3)9(8)10/h5-6,10H,4H2,1-3H3. The van der Waals surface area contributed by atoms with Crippen LogP contribution in [0.5, 0.6) is 5.75 Å². The Hall–Kier alpha value is -0.920. The maximum Gasteiger partial charge on any atom is 0.159 e. The molecule has 2 nitrogen and oxygen atoms in total. The molecule has 2 heteroatoms. The van der Waals surface area contributed by atoms with E-state index in [4.69, 9.17) is 4.42 Å². The lowest BCUT2D eigenvalue weighted by Crippen LogP contribution is -1.91. The maximum absolute atomic E-state index is 9.39. The SMILES string of the molecule is Cc1occ(CC(C)C)c1O. The molecule has 1 heterocycles. The van der Waals surface area contributed by atoms with Gasteiger partial charge in [0.15, 0.2) is 5.75 Å². The molecular formula is C9H14O2. The third-order valence-corrected chi connectivity index (χ3v) is 1.64. The highest BCUT2D eigenvalue weighted by molar-refractivity contribution is 5.32. The van der Waals surface area contributed by atoms with Crippen molar-refractivity contribution in [3.63, 3.8) is 0 Å². The average molecular weight is 154 g/mol. The van der Waals surface area contributed by atoms with Gasteiger partial charge in [0.1, 0.15) is 5.76 Å². The molecule has 0 aliphatic rings. The van der Waals surface area contributed by atoms with Crippen LogP contribution in [-0.4, -0.2) is 5.11 Å². The Morgan fingerprint density at radius 2 is 2.18 bits per heavy atom. The lowest BCUT2D eigenvalue weighted by molar-refractivity contribution is 0.439. The van der Waals surface area contributed by atoms with Gasteiger partial charge in [-0.05, 0) is 19.3 Å². The summed E-state index contributed by atoms with van der Waals surface area (Å²) in [5, 5.41) is 9.39. The Labute approximate surface area is 66.8 Å². The van der Waals surface area contributed by atoms with Crippen LogP contribution in [0.1, 0.15) is 25.2 Å². The van der Waals surface area contributed by atoms with E-state index in [1.54, 1.807) is 13.2 Å². The minimum atomic E-state index is 0.318. The van der Waals surface area contributed by atoms with Gasteiger partial charge >= 0.3 is 0 Å². The van der Waals surface area contributed by atoms with Crippen molar-refractivity contribution in [2.45, 2.75) is 27.2 Å². The summed E-state index contributed by atoms with van der Waals surface area (Å²) in [4.78, 5) is 0. The number of aromatic hydroxyl groups is 1. The number of aryl methyl sites for hydroxylation is 1. The Bertz CT molecular complexity index is 236. The van der Waals surface area contributed by atoms with Gasteiger partial charge in [0, 0.05) is 5.56 Å². The fraction of sp³-hybridized carbons (Fsp3) is 0.556. The molecule has 11 heavy (non-hydrogen) atoms. The highest BCUT2D eigenvalue weighted by Crippen LogP contribution is 2.25. The molecule has 1 N–H and O–H groups in total. The lowest BCUT2D eigenvalue weighted by atomic mass is 10.1. The summed E-state index contributed by atoms with van der Waals surface area (Å²) in [6.07, 6.45) is 2.51. The summed E-state index contributed by atoms with van der Waals surface area (Å²) in [7, 11) is 0. The van der Waals surface area contributed by atoms with E-state index < -0.39 is 0 Å². The third kappa shape index (κ3) is 1.76. The van der Waals surface area contributed by atoms with E-state index in [0.29, 0.717) is 17.4 Å². The second kappa shape index (κ2) is 2.99. The number of hydrogen-bond acceptors (Lipinski definition) is 2. The maximum atomic E-state index is 9.39.